The number of hydrogen-bond acceptors (Lipinski definition) is 3. The quantitative estimate of drug-likeness (QED) is 0.390. The number of hydrogen-bond donors (Lipinski definition) is 0. The van der Waals surface area contributed by atoms with Gasteiger partial charge in [0.2, 0.25) is 0 Å². The Kier molecular flexibility index (Phi) is 5.54. The first-order valence-electron chi connectivity index (χ1n) is 11.1. The molecule has 5 rings (SSSR count). The summed E-state index contributed by atoms with van der Waals surface area (Å²) in [6.07, 6.45) is 31.4. The maximum absolute atomic E-state index is 6.81. The van der Waals surface area contributed by atoms with Crippen molar-refractivity contribution >= 4 is 17.8 Å². The molecule has 2 nitrogen and oxygen atoms in total. The van der Waals surface area contributed by atoms with Gasteiger partial charge in [-0.15, -0.1) is 0 Å². The Hall–Kier alpha value is -1.57. The van der Waals surface area contributed by atoms with Gasteiger partial charge in [-0.3, -0.25) is 0 Å². The van der Waals surface area contributed by atoms with Crippen LogP contribution in [0.3, 0.4) is 0 Å². The van der Waals surface area contributed by atoms with Crippen LogP contribution in [-0.4, -0.2) is 17.4 Å². The topological polar surface area (TPSA) is 18.5 Å². The fourth-order valence-electron chi connectivity index (χ4n) is 5.28. The van der Waals surface area contributed by atoms with Gasteiger partial charge in [0.25, 0.3) is 0 Å². The molecule has 4 unspecified atom stereocenters. The minimum Gasteiger partial charge on any atom is -0.489 e. The second-order valence-electron chi connectivity index (χ2n) is 8.47. The third kappa shape index (κ3) is 3.47. The lowest BCUT2D eigenvalue weighted by atomic mass is 10.1. The van der Waals surface area contributed by atoms with E-state index in [-0.39, 0.29) is 11.8 Å². The maximum Gasteiger partial charge on any atom is 0.138 e. The van der Waals surface area contributed by atoms with Crippen LogP contribution < -0.4 is 0 Å². The summed E-state index contributed by atoms with van der Waals surface area (Å²) in [6, 6.07) is -2.00. The molecule has 0 aromatic rings. The van der Waals surface area contributed by atoms with Crippen LogP contribution in [0.1, 0.15) is 51.4 Å². The zero-order valence-electron chi connectivity index (χ0n) is 16.8. The van der Waals surface area contributed by atoms with Gasteiger partial charge in [-0.05, 0) is 43.9 Å². The summed E-state index contributed by atoms with van der Waals surface area (Å²) in [4.78, 5) is 0. The Balaban J connectivity index is 1.71. The summed E-state index contributed by atoms with van der Waals surface area (Å²) < 4.78 is 13.2. The lowest BCUT2D eigenvalue weighted by molar-refractivity contribution is 0.0982. The molecule has 5 aliphatic rings. The number of allylic oxidation sites excluding steroid dienone is 11. The Morgan fingerprint density at radius 1 is 0.931 bits per heavy atom. The van der Waals surface area contributed by atoms with Crippen LogP contribution in [0, 0.1) is 0 Å². The van der Waals surface area contributed by atoms with Gasteiger partial charge in [0.1, 0.15) is 23.4 Å². The van der Waals surface area contributed by atoms with Crippen LogP contribution in [-0.2, 0) is 21.3 Å². The first kappa shape index (κ1) is 19.4. The first-order chi connectivity index (χ1) is 14.3. The SMILES string of the molecule is S=P12C3=C(C=CCC=C3OC3CCCCCCCC31)O/C1=C/C=C\C=C/C=C\C12. The van der Waals surface area contributed by atoms with E-state index in [1.165, 1.54) is 43.8 Å². The third-order valence-corrected chi connectivity index (χ3v) is 12.7. The van der Waals surface area contributed by atoms with Crippen LogP contribution in [0.5, 0.6) is 0 Å². The molecule has 1 saturated heterocycles. The highest BCUT2D eigenvalue weighted by atomic mass is 32.4. The molecule has 1 saturated carbocycles. The maximum atomic E-state index is 6.81. The summed E-state index contributed by atoms with van der Waals surface area (Å²) in [6.45, 7) is 0. The third-order valence-electron chi connectivity index (χ3n) is 6.64. The van der Waals surface area contributed by atoms with Gasteiger partial charge >= 0.3 is 0 Å². The molecule has 2 fully saturated rings. The number of ether oxygens (including phenoxy) is 2. The van der Waals surface area contributed by atoms with E-state index in [0.717, 1.165) is 30.1 Å². The molecule has 0 spiro atoms. The Morgan fingerprint density at radius 3 is 2.66 bits per heavy atom. The first-order valence-corrected chi connectivity index (χ1v) is 14.0. The minimum atomic E-state index is -2.00. The lowest BCUT2D eigenvalue weighted by Gasteiger charge is -2.49. The van der Waals surface area contributed by atoms with Crippen molar-refractivity contribution in [2.45, 2.75) is 68.8 Å². The van der Waals surface area contributed by atoms with Crippen molar-refractivity contribution in [3.63, 3.8) is 0 Å². The van der Waals surface area contributed by atoms with E-state index in [0.29, 0.717) is 5.66 Å². The standard InChI is InChI=1S/C25H29O2PS/c29-28-23-17-9-5-1-3-7-13-19(23)26-21-15-11-12-16-22(25(21)28)27-20-14-8-4-2-6-10-18-24(20)28/h1,3,5,7,9,11,13,15-17,20,23-24H,2,4,6,8,10,12,14,18H2/b5-1-,7-3-,17-9-,19-13+. The molecule has 2 aliphatic heterocycles. The number of fused-ring (bicyclic) bond motifs is 4. The van der Waals surface area contributed by atoms with E-state index in [1.54, 1.807) is 0 Å². The molecule has 3 aliphatic carbocycles. The molecule has 0 bridgehead atoms. The van der Waals surface area contributed by atoms with Crippen LogP contribution in [0.15, 0.2) is 83.4 Å². The highest BCUT2D eigenvalue weighted by Gasteiger charge is 2.53. The largest absolute Gasteiger partial charge is 0.489 e. The minimum absolute atomic E-state index is 0.149. The Bertz CT molecular complexity index is 930. The van der Waals surface area contributed by atoms with Crippen molar-refractivity contribution in [2.24, 2.45) is 0 Å². The molecule has 152 valence electrons. The van der Waals surface area contributed by atoms with Crippen LogP contribution in [0.4, 0.5) is 0 Å². The van der Waals surface area contributed by atoms with Crippen LogP contribution >= 0.6 is 6.04 Å². The van der Waals surface area contributed by atoms with Crippen molar-refractivity contribution in [1.29, 1.82) is 0 Å². The molecule has 4 atom stereocenters. The van der Waals surface area contributed by atoms with Gasteiger partial charge in [-0.1, -0.05) is 80.0 Å². The predicted octanol–water partition coefficient (Wildman–Crippen LogP) is 7.00. The average molecular weight is 425 g/mol. The monoisotopic (exact) mass is 424 g/mol. The summed E-state index contributed by atoms with van der Waals surface area (Å²) in [5.74, 6) is 2.97. The van der Waals surface area contributed by atoms with Crippen molar-refractivity contribution in [2.75, 3.05) is 0 Å². The second kappa shape index (κ2) is 8.28. The molecule has 29 heavy (non-hydrogen) atoms. The second-order valence-corrected chi connectivity index (χ2v) is 13.4. The molecular weight excluding hydrogens is 395 g/mol. The van der Waals surface area contributed by atoms with Gasteiger partial charge in [-0.2, -0.15) is 0 Å². The van der Waals surface area contributed by atoms with Gasteiger partial charge < -0.3 is 9.47 Å². The summed E-state index contributed by atoms with van der Waals surface area (Å²) >= 11 is 6.81. The van der Waals surface area contributed by atoms with E-state index >= 15 is 0 Å². The highest BCUT2D eigenvalue weighted by molar-refractivity contribution is 8.17. The van der Waals surface area contributed by atoms with Crippen molar-refractivity contribution in [1.82, 2.24) is 0 Å². The summed E-state index contributed by atoms with van der Waals surface area (Å²) in [5.41, 5.74) is 0.579. The van der Waals surface area contributed by atoms with E-state index < -0.39 is 6.04 Å². The molecule has 2 heterocycles. The molecule has 0 radical (unpaired) electrons. The van der Waals surface area contributed by atoms with Crippen LogP contribution in [0.2, 0.25) is 0 Å². The van der Waals surface area contributed by atoms with E-state index in [1.807, 2.05) is 0 Å². The summed E-state index contributed by atoms with van der Waals surface area (Å²) in [5, 5.41) is 1.22. The van der Waals surface area contributed by atoms with E-state index in [9.17, 15) is 0 Å². The molecule has 0 amide bonds. The molecule has 0 aromatic heterocycles. The van der Waals surface area contributed by atoms with Gasteiger partial charge in [0, 0.05) is 11.7 Å². The zero-order chi connectivity index (χ0) is 19.7. The van der Waals surface area contributed by atoms with Crippen LogP contribution in [0.25, 0.3) is 0 Å². The molecule has 4 heteroatoms. The van der Waals surface area contributed by atoms with E-state index in [4.69, 9.17) is 21.3 Å². The predicted molar refractivity (Wildman–Crippen MR) is 125 cm³/mol. The molecule has 0 aromatic carbocycles. The highest BCUT2D eigenvalue weighted by Crippen LogP contribution is 2.74. The normalized spacial score (nSPS) is 41.2. The summed E-state index contributed by atoms with van der Waals surface area (Å²) in [7, 11) is 0. The smallest absolute Gasteiger partial charge is 0.138 e. The van der Waals surface area contributed by atoms with Gasteiger partial charge in [-0.25, -0.2) is 0 Å². The fraction of sp³-hybridized carbons (Fsp3) is 0.440. The zero-order valence-corrected chi connectivity index (χ0v) is 18.5. The average Bonchev–Trinajstić information content (AvgIpc) is 2.79. The lowest BCUT2D eigenvalue weighted by Crippen LogP contribution is -2.39. The molecule has 0 N–H and O–H groups in total. The van der Waals surface area contributed by atoms with Crippen molar-refractivity contribution < 1.29 is 9.47 Å². The van der Waals surface area contributed by atoms with E-state index in [2.05, 4.69) is 60.8 Å². The Morgan fingerprint density at radius 2 is 1.72 bits per heavy atom. The molecular formula is C25H29O2PS. The number of rotatable bonds is 0. The van der Waals surface area contributed by atoms with Gasteiger partial charge in [0.05, 0.1) is 11.0 Å². The van der Waals surface area contributed by atoms with Gasteiger partial charge in [0.15, 0.2) is 0 Å². The van der Waals surface area contributed by atoms with Crippen molar-refractivity contribution in [3.8, 4) is 0 Å². The fourth-order valence-corrected chi connectivity index (χ4v) is 11.2. The van der Waals surface area contributed by atoms with Crippen molar-refractivity contribution in [3.05, 3.63) is 83.4 Å². The Labute approximate surface area is 179 Å².